The molecule has 0 aliphatic carbocycles. The van der Waals surface area contributed by atoms with Crippen LogP contribution >= 0.6 is 23.4 Å². The van der Waals surface area contributed by atoms with Gasteiger partial charge >= 0.3 is 0 Å². The zero-order chi connectivity index (χ0) is 18.0. The fourth-order valence-corrected chi connectivity index (χ4v) is 3.46. The lowest BCUT2D eigenvalue weighted by atomic mass is 10.1. The summed E-state index contributed by atoms with van der Waals surface area (Å²) in [5, 5.41) is 3.76. The maximum Gasteiger partial charge on any atom is 0.261 e. The Morgan fingerprint density at radius 1 is 1.24 bits per heavy atom. The second kappa shape index (κ2) is 7.33. The van der Waals surface area contributed by atoms with Gasteiger partial charge in [-0.05, 0) is 43.5 Å². The van der Waals surface area contributed by atoms with Gasteiger partial charge in [-0.25, -0.2) is 0 Å². The molecule has 0 radical (unpaired) electrons. The van der Waals surface area contributed by atoms with Gasteiger partial charge in [-0.15, -0.1) is 11.8 Å². The summed E-state index contributed by atoms with van der Waals surface area (Å²) < 4.78 is 1.88. The third-order valence-corrected chi connectivity index (χ3v) is 5.01. The molecule has 3 rings (SSSR count). The van der Waals surface area contributed by atoms with Gasteiger partial charge in [0.15, 0.2) is 0 Å². The predicted molar refractivity (Wildman–Crippen MR) is 105 cm³/mol. The van der Waals surface area contributed by atoms with E-state index in [1.807, 2.05) is 42.0 Å². The van der Waals surface area contributed by atoms with E-state index in [2.05, 4.69) is 5.32 Å². The van der Waals surface area contributed by atoms with Gasteiger partial charge in [0.25, 0.3) is 5.91 Å². The lowest BCUT2D eigenvalue weighted by Crippen LogP contribution is -2.24. The summed E-state index contributed by atoms with van der Waals surface area (Å²) in [7, 11) is 0. The monoisotopic (exact) mass is 372 g/mol. The standard InChI is InChI=1S/C19H17ClN2O2S/c1-3-22-11-14(18(23)13-10-12(20)8-9-16(13)22)19(24)21-15-6-4-5-7-17(15)25-2/h4-11H,3H2,1-2H3,(H,21,24). The molecule has 1 N–H and O–H groups in total. The van der Waals surface area contributed by atoms with Crippen molar-refractivity contribution in [2.24, 2.45) is 0 Å². The van der Waals surface area contributed by atoms with Crippen LogP contribution in [0.25, 0.3) is 10.9 Å². The van der Waals surface area contributed by atoms with Gasteiger partial charge in [-0.1, -0.05) is 23.7 Å². The zero-order valence-electron chi connectivity index (χ0n) is 13.9. The number of pyridine rings is 1. The predicted octanol–water partition coefficient (Wildman–Crippen LogP) is 4.65. The molecule has 0 saturated heterocycles. The first-order valence-electron chi connectivity index (χ1n) is 7.82. The maximum atomic E-state index is 12.8. The number of hydrogen-bond acceptors (Lipinski definition) is 3. The fourth-order valence-electron chi connectivity index (χ4n) is 2.73. The molecule has 1 amide bonds. The molecule has 25 heavy (non-hydrogen) atoms. The Morgan fingerprint density at radius 3 is 2.72 bits per heavy atom. The number of amides is 1. The summed E-state index contributed by atoms with van der Waals surface area (Å²) in [6.07, 6.45) is 3.54. The minimum absolute atomic E-state index is 0.104. The van der Waals surface area contributed by atoms with E-state index >= 15 is 0 Å². The van der Waals surface area contributed by atoms with Gasteiger partial charge in [0, 0.05) is 28.0 Å². The molecule has 0 aliphatic heterocycles. The minimum Gasteiger partial charge on any atom is -0.347 e. The van der Waals surface area contributed by atoms with E-state index < -0.39 is 5.91 Å². The number of aryl methyl sites for hydroxylation is 1. The summed E-state index contributed by atoms with van der Waals surface area (Å²) in [6.45, 7) is 2.60. The van der Waals surface area contributed by atoms with Gasteiger partial charge in [0.05, 0.1) is 11.2 Å². The average Bonchev–Trinajstić information content (AvgIpc) is 2.62. The van der Waals surface area contributed by atoms with Crippen LogP contribution in [0.3, 0.4) is 0 Å². The summed E-state index contributed by atoms with van der Waals surface area (Å²) in [5.74, 6) is -0.421. The number of anilines is 1. The van der Waals surface area contributed by atoms with Crippen LogP contribution in [0.1, 0.15) is 17.3 Å². The number of thioether (sulfide) groups is 1. The molecule has 0 atom stereocenters. The number of nitrogens with one attached hydrogen (secondary N) is 1. The molecule has 128 valence electrons. The molecule has 2 aromatic carbocycles. The molecule has 1 aromatic heterocycles. The van der Waals surface area contributed by atoms with Crippen molar-refractivity contribution in [2.75, 3.05) is 11.6 Å². The Morgan fingerprint density at radius 2 is 2.00 bits per heavy atom. The lowest BCUT2D eigenvalue weighted by Gasteiger charge is -2.13. The van der Waals surface area contributed by atoms with Crippen LogP contribution in [-0.4, -0.2) is 16.7 Å². The molecule has 3 aromatic rings. The lowest BCUT2D eigenvalue weighted by molar-refractivity contribution is 0.102. The molecule has 0 fully saturated rings. The Kier molecular flexibility index (Phi) is 5.16. The van der Waals surface area contributed by atoms with Gasteiger partial charge < -0.3 is 9.88 Å². The SMILES string of the molecule is CCn1cc(C(=O)Nc2ccccc2SC)c(=O)c2cc(Cl)ccc21. The van der Waals surface area contributed by atoms with Crippen molar-refractivity contribution in [3.05, 3.63) is 69.5 Å². The highest BCUT2D eigenvalue weighted by atomic mass is 35.5. The second-order valence-corrected chi connectivity index (χ2v) is 6.76. The summed E-state index contributed by atoms with van der Waals surface area (Å²) in [6, 6.07) is 12.6. The van der Waals surface area contributed by atoms with Gasteiger partial charge in [0.2, 0.25) is 5.43 Å². The van der Waals surface area contributed by atoms with Crippen LogP contribution < -0.4 is 10.7 Å². The molecule has 6 heteroatoms. The summed E-state index contributed by atoms with van der Waals surface area (Å²) in [4.78, 5) is 26.5. The molecule has 1 heterocycles. The molecule has 0 unspecified atom stereocenters. The number of nitrogens with zero attached hydrogens (tertiary/aromatic N) is 1. The van der Waals surface area contributed by atoms with Crippen molar-refractivity contribution in [1.29, 1.82) is 0 Å². The molecular weight excluding hydrogens is 356 g/mol. The number of para-hydroxylation sites is 1. The Hall–Kier alpha value is -2.24. The third-order valence-electron chi connectivity index (χ3n) is 3.98. The molecule has 0 aliphatic rings. The van der Waals surface area contributed by atoms with E-state index in [1.54, 1.807) is 24.4 Å². The number of fused-ring (bicyclic) bond motifs is 1. The Labute approximate surface area is 154 Å². The summed E-state index contributed by atoms with van der Waals surface area (Å²) in [5.41, 5.74) is 1.24. The molecule has 0 bridgehead atoms. The zero-order valence-corrected chi connectivity index (χ0v) is 15.4. The number of aromatic nitrogens is 1. The van der Waals surface area contributed by atoms with Crippen molar-refractivity contribution in [3.63, 3.8) is 0 Å². The van der Waals surface area contributed by atoms with Crippen LogP contribution in [-0.2, 0) is 6.54 Å². The molecule has 0 spiro atoms. The first-order valence-corrected chi connectivity index (χ1v) is 9.42. The fraction of sp³-hybridized carbons (Fsp3) is 0.158. The van der Waals surface area contributed by atoms with Crippen molar-refractivity contribution < 1.29 is 4.79 Å². The van der Waals surface area contributed by atoms with E-state index in [1.165, 1.54) is 11.8 Å². The van der Waals surface area contributed by atoms with Crippen molar-refractivity contribution >= 4 is 45.9 Å². The first kappa shape index (κ1) is 17.6. The van der Waals surface area contributed by atoms with E-state index in [4.69, 9.17) is 11.6 Å². The van der Waals surface area contributed by atoms with Crippen LogP contribution in [0.2, 0.25) is 5.02 Å². The number of benzene rings is 2. The summed E-state index contributed by atoms with van der Waals surface area (Å²) >= 11 is 7.57. The number of rotatable bonds is 4. The maximum absolute atomic E-state index is 12.8. The number of carbonyl (C=O) groups excluding carboxylic acids is 1. The molecule has 4 nitrogen and oxygen atoms in total. The number of carbonyl (C=O) groups is 1. The number of hydrogen-bond donors (Lipinski definition) is 1. The largest absolute Gasteiger partial charge is 0.347 e. The van der Waals surface area contributed by atoms with Crippen molar-refractivity contribution in [1.82, 2.24) is 4.57 Å². The van der Waals surface area contributed by atoms with Gasteiger partial charge in [-0.3, -0.25) is 9.59 Å². The van der Waals surface area contributed by atoms with Crippen LogP contribution in [0.4, 0.5) is 5.69 Å². The topological polar surface area (TPSA) is 51.1 Å². The highest BCUT2D eigenvalue weighted by Crippen LogP contribution is 2.25. The highest BCUT2D eigenvalue weighted by Gasteiger charge is 2.16. The number of halogens is 1. The Balaban J connectivity index is 2.10. The normalized spacial score (nSPS) is 10.8. The average molecular weight is 373 g/mol. The first-order chi connectivity index (χ1) is 12.0. The van der Waals surface area contributed by atoms with Crippen molar-refractivity contribution in [2.45, 2.75) is 18.4 Å². The molecule has 0 saturated carbocycles. The van der Waals surface area contributed by atoms with Crippen LogP contribution in [0.5, 0.6) is 0 Å². The third kappa shape index (κ3) is 3.43. The van der Waals surface area contributed by atoms with Crippen LogP contribution in [0.15, 0.2) is 58.4 Å². The van der Waals surface area contributed by atoms with Gasteiger partial charge in [-0.2, -0.15) is 0 Å². The van der Waals surface area contributed by atoms with Crippen molar-refractivity contribution in [3.8, 4) is 0 Å². The Bertz CT molecular complexity index is 1010. The second-order valence-electron chi connectivity index (χ2n) is 5.47. The van der Waals surface area contributed by atoms with Crippen LogP contribution in [0, 0.1) is 0 Å². The molecular formula is C19H17ClN2O2S. The van der Waals surface area contributed by atoms with E-state index in [9.17, 15) is 9.59 Å². The van der Waals surface area contributed by atoms with E-state index in [0.717, 1.165) is 10.4 Å². The van der Waals surface area contributed by atoms with Gasteiger partial charge in [0.1, 0.15) is 5.56 Å². The quantitative estimate of drug-likeness (QED) is 0.678. The van der Waals surface area contributed by atoms with E-state index in [0.29, 0.717) is 22.6 Å². The van der Waals surface area contributed by atoms with E-state index in [-0.39, 0.29) is 11.0 Å². The minimum atomic E-state index is -0.421. The highest BCUT2D eigenvalue weighted by molar-refractivity contribution is 7.98. The smallest absolute Gasteiger partial charge is 0.261 e.